The molecule has 4 unspecified atom stereocenters. The van der Waals surface area contributed by atoms with E-state index in [2.05, 4.69) is 26.6 Å². The quantitative estimate of drug-likeness (QED) is 0.123. The summed E-state index contributed by atoms with van der Waals surface area (Å²) in [6.07, 6.45) is -0.568. The zero-order valence-electron chi connectivity index (χ0n) is 28.8. The molecule has 3 aromatic carbocycles. The summed E-state index contributed by atoms with van der Waals surface area (Å²) in [5.41, 5.74) is 3.43. The molecule has 14 heteroatoms. The van der Waals surface area contributed by atoms with Gasteiger partial charge in [-0.3, -0.25) is 28.8 Å². The molecule has 0 saturated heterocycles. The molecule has 274 valence electrons. The molecule has 0 aliphatic carbocycles. The molecule has 4 aromatic rings. The molecular formula is C39H39N5O8S. The van der Waals surface area contributed by atoms with Gasteiger partial charge in [-0.05, 0) is 52.8 Å². The van der Waals surface area contributed by atoms with Crippen LogP contribution in [0.4, 0.5) is 5.69 Å². The Morgan fingerprint density at radius 1 is 0.679 bits per heavy atom. The number of carbonyl (C=O) groups is 7. The van der Waals surface area contributed by atoms with Crippen LogP contribution in [0.25, 0.3) is 11.1 Å². The molecule has 0 spiro atoms. The number of benzene rings is 3. The summed E-state index contributed by atoms with van der Waals surface area (Å²) in [5.74, 6) is -5.81. The van der Waals surface area contributed by atoms with E-state index in [1.165, 1.54) is 11.3 Å². The number of carboxylic acids is 1. The van der Waals surface area contributed by atoms with Crippen molar-refractivity contribution in [3.05, 3.63) is 112 Å². The molecule has 3 heterocycles. The second-order valence-corrected chi connectivity index (χ2v) is 13.7. The van der Waals surface area contributed by atoms with Crippen LogP contribution in [-0.4, -0.2) is 70.6 Å². The molecule has 4 atom stereocenters. The van der Waals surface area contributed by atoms with E-state index in [1.54, 1.807) is 48.5 Å². The van der Waals surface area contributed by atoms with Crippen LogP contribution in [0.2, 0.25) is 0 Å². The smallest absolute Gasteiger partial charge is 0.326 e. The highest BCUT2D eigenvalue weighted by Gasteiger charge is 2.34. The first-order chi connectivity index (χ1) is 25.4. The molecular weight excluding hydrogens is 699 g/mol. The maximum absolute atomic E-state index is 13.9. The van der Waals surface area contributed by atoms with E-state index in [1.807, 2.05) is 47.8 Å². The number of hydrogen-bond donors (Lipinski definition) is 6. The van der Waals surface area contributed by atoms with Crippen LogP contribution >= 0.6 is 11.3 Å². The van der Waals surface area contributed by atoms with Gasteiger partial charge in [0.1, 0.15) is 18.1 Å². The molecule has 2 aliphatic rings. The normalized spacial score (nSPS) is 20.5. The standard InChI is InChI=1S/C39H39N5O8S/c1-23(45)35-38(50)43-32(39(51)52)21-25-11-15-28(16-12-25)40-33(46)17-18-34(47)41-31(22-29-8-5-19-53-29)36(48)42-30(37(49)44-35)20-24-9-13-27(14-10-24)26-6-3-2-4-7-26/h2-16,19,30-32,35H,17-18,20-22H2,1H3,(H,40,46)(H,41,47)(H,42,48)(H,43,50)(H,44,49)(H,51,52). The van der Waals surface area contributed by atoms with Crippen LogP contribution in [0.5, 0.6) is 0 Å². The van der Waals surface area contributed by atoms with Crippen molar-refractivity contribution in [2.45, 2.75) is 63.2 Å². The van der Waals surface area contributed by atoms with E-state index in [0.29, 0.717) is 16.8 Å². The summed E-state index contributed by atoms with van der Waals surface area (Å²) in [6, 6.07) is 21.0. The first kappa shape index (κ1) is 38.1. The van der Waals surface area contributed by atoms with E-state index in [0.717, 1.165) is 22.9 Å². The second kappa shape index (κ2) is 17.9. The number of aliphatic carboxylic acids is 1. The van der Waals surface area contributed by atoms with E-state index in [-0.39, 0.29) is 32.1 Å². The topological polar surface area (TPSA) is 200 Å². The van der Waals surface area contributed by atoms with Crippen molar-refractivity contribution in [1.82, 2.24) is 21.3 Å². The summed E-state index contributed by atoms with van der Waals surface area (Å²) in [5, 5.41) is 24.6. The van der Waals surface area contributed by atoms with Crippen LogP contribution in [0.3, 0.4) is 0 Å². The lowest BCUT2D eigenvalue weighted by Crippen LogP contribution is -2.60. The molecule has 6 N–H and O–H groups in total. The first-order valence-electron chi connectivity index (χ1n) is 16.9. The van der Waals surface area contributed by atoms with Gasteiger partial charge < -0.3 is 31.7 Å². The Hall–Kier alpha value is -6.15. The van der Waals surface area contributed by atoms with Crippen LogP contribution in [0, 0.1) is 0 Å². The number of ketones is 1. The lowest BCUT2D eigenvalue weighted by Gasteiger charge is -2.25. The predicted molar refractivity (Wildman–Crippen MR) is 198 cm³/mol. The van der Waals surface area contributed by atoms with Gasteiger partial charge in [0.2, 0.25) is 23.6 Å². The number of anilines is 1. The Balaban J connectivity index is 1.47. The first-order valence-corrected chi connectivity index (χ1v) is 17.8. The highest BCUT2D eigenvalue weighted by molar-refractivity contribution is 7.09. The molecule has 0 radical (unpaired) electrons. The molecule has 1 aromatic heterocycles. The van der Waals surface area contributed by atoms with Crippen molar-refractivity contribution < 1.29 is 38.7 Å². The van der Waals surface area contributed by atoms with E-state index >= 15 is 0 Å². The Labute approximate surface area is 309 Å². The van der Waals surface area contributed by atoms with Crippen LogP contribution in [0.1, 0.15) is 35.8 Å². The minimum atomic E-state index is -1.78. The predicted octanol–water partition coefficient (Wildman–Crippen LogP) is 2.79. The molecule has 13 nitrogen and oxygen atoms in total. The summed E-state index contributed by atoms with van der Waals surface area (Å²) in [7, 11) is 0. The summed E-state index contributed by atoms with van der Waals surface area (Å²) >= 11 is 1.37. The van der Waals surface area contributed by atoms with Crippen molar-refractivity contribution >= 4 is 58.3 Å². The number of Topliss-reactive ketones (excluding diaryl/α,β-unsaturated/α-hetero) is 1. The Morgan fingerprint density at radius 3 is 1.96 bits per heavy atom. The SMILES string of the molecule is CC(=O)C1NC(=O)C(Cc2ccc(-c3ccccc3)cc2)NC(=O)C(Cc2cccs2)NC(=O)CCC(=O)Nc2ccc(cc2)CC(C(=O)O)NC1=O. The molecule has 53 heavy (non-hydrogen) atoms. The van der Waals surface area contributed by atoms with Gasteiger partial charge in [-0.25, -0.2) is 4.79 Å². The number of fused-ring (bicyclic) bond motifs is 18. The highest BCUT2D eigenvalue weighted by atomic mass is 32.1. The van der Waals surface area contributed by atoms with E-state index in [9.17, 15) is 38.7 Å². The lowest BCUT2D eigenvalue weighted by molar-refractivity contribution is -0.143. The maximum atomic E-state index is 13.9. The third-order valence-corrected chi connectivity index (χ3v) is 9.50. The van der Waals surface area contributed by atoms with Crippen molar-refractivity contribution in [2.75, 3.05) is 5.32 Å². The number of hydrogen-bond acceptors (Lipinski definition) is 8. The number of carboxylic acid groups (broad SMARTS) is 1. The fraction of sp³-hybridized carbons (Fsp3) is 0.256. The second-order valence-electron chi connectivity index (χ2n) is 12.6. The Bertz CT molecular complexity index is 1950. The number of nitrogens with one attached hydrogen (secondary N) is 5. The van der Waals surface area contributed by atoms with Crippen LogP contribution in [-0.2, 0) is 52.8 Å². The third-order valence-electron chi connectivity index (χ3n) is 8.60. The number of amides is 5. The zero-order chi connectivity index (χ0) is 37.9. The minimum Gasteiger partial charge on any atom is -0.480 e. The van der Waals surface area contributed by atoms with Gasteiger partial charge in [0, 0.05) is 42.7 Å². The van der Waals surface area contributed by atoms with Gasteiger partial charge in [-0.1, -0.05) is 72.8 Å². The Kier molecular flexibility index (Phi) is 12.8. The fourth-order valence-electron chi connectivity index (χ4n) is 5.75. The average Bonchev–Trinajstić information content (AvgIpc) is 3.66. The molecule has 6 rings (SSSR count). The maximum Gasteiger partial charge on any atom is 0.326 e. The largest absolute Gasteiger partial charge is 0.480 e. The van der Waals surface area contributed by atoms with Crippen LogP contribution in [0.15, 0.2) is 96.4 Å². The molecule has 2 bridgehead atoms. The summed E-state index contributed by atoms with van der Waals surface area (Å²) < 4.78 is 0. The van der Waals surface area contributed by atoms with Gasteiger partial charge in [0.25, 0.3) is 5.91 Å². The van der Waals surface area contributed by atoms with E-state index < -0.39 is 65.5 Å². The minimum absolute atomic E-state index is 0.0632. The van der Waals surface area contributed by atoms with Crippen molar-refractivity contribution in [3.8, 4) is 11.1 Å². The average molecular weight is 738 g/mol. The lowest BCUT2D eigenvalue weighted by atomic mass is 9.99. The van der Waals surface area contributed by atoms with Crippen molar-refractivity contribution in [2.24, 2.45) is 0 Å². The monoisotopic (exact) mass is 737 g/mol. The number of thiophene rings is 1. The number of rotatable bonds is 7. The molecule has 2 aliphatic heterocycles. The molecule has 0 saturated carbocycles. The highest BCUT2D eigenvalue weighted by Crippen LogP contribution is 2.20. The summed E-state index contributed by atoms with van der Waals surface area (Å²) in [4.78, 5) is 92.8. The van der Waals surface area contributed by atoms with Gasteiger partial charge in [0.05, 0.1) is 0 Å². The van der Waals surface area contributed by atoms with Gasteiger partial charge in [-0.15, -0.1) is 11.3 Å². The number of carbonyl (C=O) groups excluding carboxylic acids is 6. The van der Waals surface area contributed by atoms with Crippen LogP contribution < -0.4 is 26.6 Å². The zero-order valence-corrected chi connectivity index (χ0v) is 29.6. The van der Waals surface area contributed by atoms with Gasteiger partial charge in [-0.2, -0.15) is 0 Å². The fourth-order valence-corrected chi connectivity index (χ4v) is 6.50. The van der Waals surface area contributed by atoms with Crippen molar-refractivity contribution in [3.63, 3.8) is 0 Å². The van der Waals surface area contributed by atoms with E-state index in [4.69, 9.17) is 0 Å². The third kappa shape index (κ3) is 10.9. The molecule has 0 fully saturated rings. The molecule has 5 amide bonds. The van der Waals surface area contributed by atoms with Gasteiger partial charge >= 0.3 is 5.97 Å². The Morgan fingerprint density at radius 2 is 1.32 bits per heavy atom. The van der Waals surface area contributed by atoms with Crippen molar-refractivity contribution in [1.29, 1.82) is 0 Å². The summed E-state index contributed by atoms with van der Waals surface area (Å²) in [6.45, 7) is 1.08. The van der Waals surface area contributed by atoms with Gasteiger partial charge in [0.15, 0.2) is 11.8 Å².